The fourth-order valence-corrected chi connectivity index (χ4v) is 5.24. The zero-order chi connectivity index (χ0) is 24.2. The fourth-order valence-electron chi connectivity index (χ4n) is 4.72. The molecule has 0 fully saturated rings. The average molecular weight is 495 g/mol. The van der Waals surface area contributed by atoms with Crippen molar-refractivity contribution in [3.05, 3.63) is 86.7 Å². The van der Waals surface area contributed by atoms with Crippen LogP contribution in [0.5, 0.6) is 0 Å². The highest BCUT2D eigenvalue weighted by Crippen LogP contribution is 2.47. The van der Waals surface area contributed by atoms with Crippen molar-refractivity contribution in [3.63, 3.8) is 0 Å². The van der Waals surface area contributed by atoms with Gasteiger partial charge in [0.05, 0.1) is 6.20 Å². The highest BCUT2D eigenvalue weighted by atomic mass is 35.5. The molecule has 3 aromatic rings. The van der Waals surface area contributed by atoms with Crippen molar-refractivity contribution >= 4 is 46.4 Å². The van der Waals surface area contributed by atoms with E-state index >= 15 is 0 Å². The molecule has 1 aliphatic carbocycles. The summed E-state index contributed by atoms with van der Waals surface area (Å²) in [6, 6.07) is 12.3. The molecule has 0 bridgehead atoms. The molecule has 1 aromatic heterocycles. The molecule has 0 saturated carbocycles. The fraction of sp³-hybridized carbons (Fsp3) is 0.269. The second-order valence-corrected chi connectivity index (χ2v) is 10.5. The summed E-state index contributed by atoms with van der Waals surface area (Å²) < 4.78 is 1.67. The maximum absolute atomic E-state index is 13.3. The molecule has 8 heteroatoms. The molecule has 2 N–H and O–H groups in total. The molecule has 1 amide bonds. The molecule has 2 heterocycles. The van der Waals surface area contributed by atoms with E-state index in [4.69, 9.17) is 23.2 Å². The Hall–Kier alpha value is -3.09. The van der Waals surface area contributed by atoms with Crippen LogP contribution in [0.25, 0.3) is 0 Å². The van der Waals surface area contributed by atoms with E-state index in [2.05, 4.69) is 29.6 Å². The summed E-state index contributed by atoms with van der Waals surface area (Å²) in [6.07, 6.45) is 2.61. The van der Waals surface area contributed by atoms with Crippen LogP contribution >= 0.6 is 23.2 Å². The van der Waals surface area contributed by atoms with Gasteiger partial charge in [-0.2, -0.15) is 5.10 Å². The number of aromatic nitrogens is 2. The van der Waals surface area contributed by atoms with Gasteiger partial charge in [0.25, 0.3) is 5.91 Å². The quantitative estimate of drug-likeness (QED) is 0.441. The largest absolute Gasteiger partial charge is 0.343 e. The first-order chi connectivity index (χ1) is 16.1. The highest BCUT2D eigenvalue weighted by molar-refractivity contribution is 6.35. The van der Waals surface area contributed by atoms with Crippen LogP contribution in [0.2, 0.25) is 10.0 Å². The number of allylic oxidation sites excluding steroid dienone is 2. The van der Waals surface area contributed by atoms with Crippen molar-refractivity contribution in [2.75, 3.05) is 10.6 Å². The molecular formula is C26H24Cl2N4O2. The van der Waals surface area contributed by atoms with Gasteiger partial charge in [-0.3, -0.25) is 9.59 Å². The van der Waals surface area contributed by atoms with Crippen LogP contribution in [0, 0.1) is 12.3 Å². The Morgan fingerprint density at radius 3 is 2.59 bits per heavy atom. The molecule has 0 saturated heterocycles. The van der Waals surface area contributed by atoms with Crippen molar-refractivity contribution in [1.29, 1.82) is 0 Å². The van der Waals surface area contributed by atoms with E-state index in [1.165, 1.54) is 6.20 Å². The normalized spacial score (nSPS) is 18.7. The Labute approximate surface area is 207 Å². The minimum atomic E-state index is -0.555. The number of hydrogen-bond donors (Lipinski definition) is 2. The van der Waals surface area contributed by atoms with Gasteiger partial charge in [0.15, 0.2) is 5.78 Å². The van der Waals surface area contributed by atoms with Gasteiger partial charge in [-0.05, 0) is 43.0 Å². The van der Waals surface area contributed by atoms with Crippen LogP contribution in [-0.2, 0) is 4.79 Å². The van der Waals surface area contributed by atoms with Gasteiger partial charge in [0.2, 0.25) is 0 Å². The number of nitrogens with one attached hydrogen (secondary N) is 2. The molecule has 0 spiro atoms. The second-order valence-electron chi connectivity index (χ2n) is 9.70. The smallest absolute Gasteiger partial charge is 0.261 e. The third-order valence-electron chi connectivity index (χ3n) is 6.31. The van der Waals surface area contributed by atoms with Crippen LogP contribution in [0.3, 0.4) is 0 Å². The number of anilines is 2. The van der Waals surface area contributed by atoms with Crippen LogP contribution in [0.15, 0.2) is 59.9 Å². The summed E-state index contributed by atoms with van der Waals surface area (Å²) in [7, 11) is 0. The lowest BCUT2D eigenvalue weighted by Gasteiger charge is -2.39. The molecular weight excluding hydrogens is 471 g/mol. The molecule has 5 rings (SSSR count). The van der Waals surface area contributed by atoms with Crippen molar-refractivity contribution < 1.29 is 9.59 Å². The SMILES string of the molecule is Cc1ccc(NC(=O)c2cnn3c2NC2=C(C(=O)CC(C)(C)C2)[C@@H]3c2ccc(Cl)cc2Cl)cc1. The summed E-state index contributed by atoms with van der Waals surface area (Å²) >= 11 is 12.7. The van der Waals surface area contributed by atoms with E-state index in [1.807, 2.05) is 37.3 Å². The maximum atomic E-state index is 13.3. The molecule has 2 aliphatic rings. The van der Waals surface area contributed by atoms with E-state index < -0.39 is 6.04 Å². The number of hydrogen-bond acceptors (Lipinski definition) is 4. The number of fused-ring (bicyclic) bond motifs is 1. The minimum Gasteiger partial charge on any atom is -0.343 e. The Morgan fingerprint density at radius 2 is 1.88 bits per heavy atom. The highest BCUT2D eigenvalue weighted by Gasteiger charge is 2.42. The number of carbonyl (C=O) groups excluding carboxylic acids is 2. The Morgan fingerprint density at radius 1 is 1.15 bits per heavy atom. The number of Topliss-reactive ketones (excluding diaryl/α,β-unsaturated/α-hetero) is 1. The van der Waals surface area contributed by atoms with Gasteiger partial charge in [-0.25, -0.2) is 4.68 Å². The van der Waals surface area contributed by atoms with Gasteiger partial charge in [-0.15, -0.1) is 0 Å². The zero-order valence-electron chi connectivity index (χ0n) is 19.1. The minimum absolute atomic E-state index is 0.0431. The number of benzene rings is 2. The number of aryl methyl sites for hydroxylation is 1. The summed E-state index contributed by atoms with van der Waals surface area (Å²) in [6.45, 7) is 6.12. The van der Waals surface area contributed by atoms with Crippen molar-refractivity contribution in [3.8, 4) is 0 Å². The van der Waals surface area contributed by atoms with E-state index in [0.29, 0.717) is 51.1 Å². The van der Waals surface area contributed by atoms with E-state index in [9.17, 15) is 9.59 Å². The molecule has 6 nitrogen and oxygen atoms in total. The van der Waals surface area contributed by atoms with Gasteiger partial charge < -0.3 is 10.6 Å². The lowest BCUT2D eigenvalue weighted by Crippen LogP contribution is -2.37. The van der Waals surface area contributed by atoms with E-state index in [-0.39, 0.29) is 17.1 Å². The summed E-state index contributed by atoms with van der Waals surface area (Å²) in [5.74, 6) is 0.287. The van der Waals surface area contributed by atoms with Crippen molar-refractivity contribution in [2.24, 2.45) is 5.41 Å². The summed E-state index contributed by atoms with van der Waals surface area (Å²) in [5.41, 5.74) is 4.12. The number of halogens is 2. The van der Waals surface area contributed by atoms with Gasteiger partial charge >= 0.3 is 0 Å². The average Bonchev–Trinajstić information content (AvgIpc) is 3.17. The lowest BCUT2D eigenvalue weighted by atomic mass is 9.73. The zero-order valence-corrected chi connectivity index (χ0v) is 20.6. The maximum Gasteiger partial charge on any atom is 0.261 e. The van der Waals surface area contributed by atoms with E-state index in [0.717, 1.165) is 11.3 Å². The standard InChI is InChI=1S/C26H24Cl2N4O2/c1-14-4-7-16(8-5-14)30-25(34)18-13-29-32-23(17-9-6-15(27)10-19(17)28)22-20(31-24(18)32)11-26(2,3)12-21(22)33/h4-10,13,23,31H,11-12H2,1-3H3,(H,30,34)/t23-/m0/s1. The molecule has 1 atom stereocenters. The van der Waals surface area contributed by atoms with Gasteiger partial charge in [-0.1, -0.05) is 60.8 Å². The van der Waals surface area contributed by atoms with Crippen molar-refractivity contribution in [1.82, 2.24) is 9.78 Å². The third-order valence-corrected chi connectivity index (χ3v) is 6.88. The van der Waals surface area contributed by atoms with E-state index in [1.54, 1.807) is 16.8 Å². The molecule has 0 radical (unpaired) electrons. The number of nitrogens with zero attached hydrogens (tertiary/aromatic N) is 2. The monoisotopic (exact) mass is 494 g/mol. The van der Waals surface area contributed by atoms with Crippen LogP contribution in [-0.4, -0.2) is 21.5 Å². The first-order valence-corrected chi connectivity index (χ1v) is 11.8. The first kappa shape index (κ1) is 22.7. The third kappa shape index (κ3) is 4.01. The van der Waals surface area contributed by atoms with Gasteiger partial charge in [0, 0.05) is 39.0 Å². The van der Waals surface area contributed by atoms with Crippen LogP contribution in [0.1, 0.15) is 54.2 Å². The Bertz CT molecular complexity index is 1360. The van der Waals surface area contributed by atoms with Crippen LogP contribution in [0.4, 0.5) is 11.5 Å². The topological polar surface area (TPSA) is 76.0 Å². The van der Waals surface area contributed by atoms with Crippen LogP contribution < -0.4 is 10.6 Å². The number of rotatable bonds is 3. The molecule has 0 unspecified atom stereocenters. The Balaban J connectivity index is 1.61. The number of carbonyl (C=O) groups is 2. The Kier molecular flexibility index (Phi) is 5.53. The number of amides is 1. The second kappa shape index (κ2) is 8.29. The molecule has 34 heavy (non-hydrogen) atoms. The first-order valence-electron chi connectivity index (χ1n) is 11.1. The summed E-state index contributed by atoms with van der Waals surface area (Å²) in [5, 5.41) is 11.8. The molecule has 1 aliphatic heterocycles. The number of ketones is 1. The van der Waals surface area contributed by atoms with Gasteiger partial charge in [0.1, 0.15) is 17.4 Å². The van der Waals surface area contributed by atoms with Crippen molar-refractivity contribution in [2.45, 2.75) is 39.7 Å². The predicted molar refractivity (Wildman–Crippen MR) is 135 cm³/mol. The molecule has 174 valence electrons. The summed E-state index contributed by atoms with van der Waals surface area (Å²) in [4.78, 5) is 26.5. The predicted octanol–water partition coefficient (Wildman–Crippen LogP) is 6.41. The lowest BCUT2D eigenvalue weighted by molar-refractivity contribution is -0.118. The molecule has 2 aromatic carbocycles.